The topological polar surface area (TPSA) is 84.7 Å². The summed E-state index contributed by atoms with van der Waals surface area (Å²) < 4.78 is 11.4. The zero-order valence-corrected chi connectivity index (χ0v) is 21.4. The van der Waals surface area contributed by atoms with Crippen LogP contribution in [-0.2, 0) is 9.53 Å². The number of carbonyl (C=O) groups is 2. The molecule has 184 valence electrons. The van der Waals surface area contributed by atoms with E-state index < -0.39 is 0 Å². The van der Waals surface area contributed by atoms with Gasteiger partial charge in [0.1, 0.15) is 6.26 Å². The predicted molar refractivity (Wildman–Crippen MR) is 135 cm³/mol. The quantitative estimate of drug-likeness (QED) is 0.456. The second-order valence-electron chi connectivity index (χ2n) is 9.41. The number of ketones is 1. The van der Waals surface area contributed by atoms with Crippen molar-refractivity contribution < 1.29 is 18.8 Å². The van der Waals surface area contributed by atoms with Crippen LogP contribution in [0.4, 0.5) is 11.4 Å². The van der Waals surface area contributed by atoms with Crippen molar-refractivity contribution in [1.82, 2.24) is 5.16 Å². The molecule has 8 heteroatoms. The van der Waals surface area contributed by atoms with Crippen LogP contribution in [-0.4, -0.2) is 43.2 Å². The molecule has 1 saturated carbocycles. The number of nitrogens with one attached hydrogen (secondary N) is 1. The number of carbonyl (C=O) groups excluding carboxylic acids is 2. The zero-order chi connectivity index (χ0) is 23.9. The average molecular weight is 532 g/mol. The summed E-state index contributed by atoms with van der Waals surface area (Å²) in [5, 5.41) is 6.95. The lowest BCUT2D eigenvalue weighted by Gasteiger charge is -2.30. The maximum absolute atomic E-state index is 13.6. The smallest absolute Gasteiger partial charge is 0.228 e. The highest BCUT2D eigenvalue weighted by molar-refractivity contribution is 9.10. The first-order valence-corrected chi connectivity index (χ1v) is 13.2. The van der Waals surface area contributed by atoms with Crippen LogP contribution >= 0.6 is 15.9 Å². The van der Waals surface area contributed by atoms with Gasteiger partial charge in [0.25, 0.3) is 0 Å². The molecular weight excluding hydrogens is 498 g/mol. The number of morpholine rings is 1. The van der Waals surface area contributed by atoms with E-state index >= 15 is 0 Å². The third-order valence-electron chi connectivity index (χ3n) is 7.08. The van der Waals surface area contributed by atoms with Gasteiger partial charge in [-0.1, -0.05) is 37.3 Å². The van der Waals surface area contributed by atoms with Crippen LogP contribution in [0.1, 0.15) is 67.4 Å². The molecule has 2 fully saturated rings. The Bertz CT molecular complexity index is 978. The second kappa shape index (κ2) is 12.0. The third kappa shape index (κ3) is 6.27. The number of aryl methyl sites for hydroxylation is 1. The predicted octanol–water partition coefficient (Wildman–Crippen LogP) is 5.77. The lowest BCUT2D eigenvalue weighted by atomic mass is 9.78. The third-order valence-corrected chi connectivity index (χ3v) is 7.71. The highest BCUT2D eigenvalue weighted by Crippen LogP contribution is 2.34. The molecule has 1 aromatic carbocycles. The van der Waals surface area contributed by atoms with E-state index in [1.165, 1.54) is 25.5 Å². The standard InChI is InChI=1S/C26H34BrN3O4/c1-18-22(17-34-29-18)25(31)16-21(19-7-5-3-2-4-6-8-19)26(32)28-20-9-10-24(23(27)15-20)30-11-13-33-14-12-30/h9-10,15,17,19,21H,2-8,11-14,16H2,1H3,(H,28,32). The van der Waals surface area contributed by atoms with Crippen LogP contribution in [0.3, 0.4) is 0 Å². The number of Topliss-reactive ketones (excluding diaryl/α,β-unsaturated/α-hetero) is 1. The molecule has 1 atom stereocenters. The summed E-state index contributed by atoms with van der Waals surface area (Å²) in [6.07, 6.45) is 9.38. The number of aromatic nitrogens is 1. The molecule has 34 heavy (non-hydrogen) atoms. The van der Waals surface area contributed by atoms with Gasteiger partial charge in [-0.2, -0.15) is 0 Å². The SMILES string of the molecule is Cc1nocc1C(=O)CC(C(=O)Nc1ccc(N2CCOCC2)c(Br)c1)C1CCCCCCC1. The Kier molecular flexibility index (Phi) is 8.78. The van der Waals surface area contributed by atoms with E-state index in [0.717, 1.165) is 54.6 Å². The van der Waals surface area contributed by atoms with Crippen molar-refractivity contribution in [2.75, 3.05) is 36.5 Å². The molecule has 2 aliphatic rings. The van der Waals surface area contributed by atoms with Crippen molar-refractivity contribution in [3.8, 4) is 0 Å². The fourth-order valence-electron chi connectivity index (χ4n) is 5.11. The zero-order valence-electron chi connectivity index (χ0n) is 19.9. The van der Waals surface area contributed by atoms with Crippen molar-refractivity contribution in [3.05, 3.63) is 40.2 Å². The Morgan fingerprint density at radius 3 is 2.50 bits per heavy atom. The largest absolute Gasteiger partial charge is 0.378 e. The molecule has 0 bridgehead atoms. The van der Waals surface area contributed by atoms with Crippen LogP contribution in [0.25, 0.3) is 0 Å². The van der Waals surface area contributed by atoms with E-state index in [1.54, 1.807) is 6.92 Å². The Labute approximate surface area is 209 Å². The Morgan fingerprint density at radius 1 is 1.15 bits per heavy atom. The monoisotopic (exact) mass is 531 g/mol. The molecule has 2 aromatic rings. The lowest BCUT2D eigenvalue weighted by Crippen LogP contribution is -2.36. The summed E-state index contributed by atoms with van der Waals surface area (Å²) in [5.74, 6) is -0.345. The van der Waals surface area contributed by atoms with E-state index in [-0.39, 0.29) is 29.9 Å². The Morgan fingerprint density at radius 2 is 1.85 bits per heavy atom. The fourth-order valence-corrected chi connectivity index (χ4v) is 5.74. The number of hydrogen-bond donors (Lipinski definition) is 1. The Balaban J connectivity index is 1.50. The minimum absolute atomic E-state index is 0.0789. The Hall–Kier alpha value is -2.19. The van der Waals surface area contributed by atoms with Gasteiger partial charge in [0, 0.05) is 35.6 Å². The fraction of sp³-hybridized carbons (Fsp3) is 0.577. The molecule has 1 aliphatic heterocycles. The van der Waals surface area contributed by atoms with E-state index in [0.29, 0.717) is 24.5 Å². The molecule has 0 spiro atoms. The van der Waals surface area contributed by atoms with Crippen molar-refractivity contribution in [3.63, 3.8) is 0 Å². The van der Waals surface area contributed by atoms with Gasteiger partial charge in [-0.25, -0.2) is 0 Å². The van der Waals surface area contributed by atoms with E-state index in [9.17, 15) is 9.59 Å². The van der Waals surface area contributed by atoms with Gasteiger partial charge in [-0.15, -0.1) is 0 Å². The van der Waals surface area contributed by atoms with E-state index in [1.807, 2.05) is 18.2 Å². The number of halogens is 1. The van der Waals surface area contributed by atoms with Gasteiger partial charge in [-0.3, -0.25) is 9.59 Å². The van der Waals surface area contributed by atoms with Gasteiger partial charge in [0.2, 0.25) is 5.91 Å². The first-order valence-electron chi connectivity index (χ1n) is 12.4. The number of amides is 1. The molecule has 1 N–H and O–H groups in total. The van der Waals surface area contributed by atoms with Gasteiger partial charge in [-0.05, 0) is 59.8 Å². The van der Waals surface area contributed by atoms with Gasteiger partial charge >= 0.3 is 0 Å². The second-order valence-corrected chi connectivity index (χ2v) is 10.3. The summed E-state index contributed by atoms with van der Waals surface area (Å²) >= 11 is 3.67. The molecule has 1 saturated heterocycles. The normalized spacial score (nSPS) is 18.7. The molecule has 0 radical (unpaired) electrons. The molecule has 1 aliphatic carbocycles. The number of ether oxygens (including phenoxy) is 1. The van der Waals surface area contributed by atoms with Gasteiger partial charge in [0.15, 0.2) is 5.78 Å². The highest BCUT2D eigenvalue weighted by Gasteiger charge is 2.32. The lowest BCUT2D eigenvalue weighted by molar-refractivity contribution is -0.121. The highest BCUT2D eigenvalue weighted by atomic mass is 79.9. The number of nitrogens with zero attached hydrogens (tertiary/aromatic N) is 2. The van der Waals surface area contributed by atoms with Crippen molar-refractivity contribution >= 4 is 39.0 Å². The molecule has 7 nitrogen and oxygen atoms in total. The van der Waals surface area contributed by atoms with Gasteiger partial charge < -0.3 is 19.5 Å². The molecule has 1 amide bonds. The van der Waals surface area contributed by atoms with Crippen LogP contribution in [0.5, 0.6) is 0 Å². The molecule has 4 rings (SSSR count). The summed E-state index contributed by atoms with van der Waals surface area (Å²) in [6, 6.07) is 5.92. The average Bonchev–Trinajstić information content (AvgIpc) is 3.24. The van der Waals surface area contributed by atoms with Crippen LogP contribution in [0, 0.1) is 18.8 Å². The van der Waals surface area contributed by atoms with Crippen LogP contribution in [0.15, 0.2) is 33.5 Å². The number of hydrogen-bond acceptors (Lipinski definition) is 6. The minimum Gasteiger partial charge on any atom is -0.378 e. The van der Waals surface area contributed by atoms with Crippen LogP contribution < -0.4 is 10.2 Å². The summed E-state index contributed by atoms with van der Waals surface area (Å²) in [6.45, 7) is 4.88. The molecule has 2 heterocycles. The number of anilines is 2. The van der Waals surface area contributed by atoms with Crippen molar-refractivity contribution in [1.29, 1.82) is 0 Å². The van der Waals surface area contributed by atoms with E-state index in [2.05, 4.69) is 31.3 Å². The molecule has 1 aromatic heterocycles. The van der Waals surface area contributed by atoms with Crippen molar-refractivity contribution in [2.24, 2.45) is 11.8 Å². The number of rotatable bonds is 7. The number of benzene rings is 1. The molecule has 1 unspecified atom stereocenters. The maximum atomic E-state index is 13.6. The van der Waals surface area contributed by atoms with Crippen LogP contribution in [0.2, 0.25) is 0 Å². The summed E-state index contributed by atoms with van der Waals surface area (Å²) in [5.41, 5.74) is 2.88. The minimum atomic E-state index is -0.377. The summed E-state index contributed by atoms with van der Waals surface area (Å²) in [4.78, 5) is 28.9. The van der Waals surface area contributed by atoms with Crippen molar-refractivity contribution in [2.45, 2.75) is 58.3 Å². The first kappa shape index (κ1) is 24.9. The summed E-state index contributed by atoms with van der Waals surface area (Å²) in [7, 11) is 0. The molecular formula is C26H34BrN3O4. The van der Waals surface area contributed by atoms with E-state index in [4.69, 9.17) is 9.26 Å². The van der Waals surface area contributed by atoms with Gasteiger partial charge in [0.05, 0.1) is 30.2 Å². The first-order chi connectivity index (χ1) is 16.5. The maximum Gasteiger partial charge on any atom is 0.228 e.